The number of rotatable bonds is 8. The predicted octanol–water partition coefficient (Wildman–Crippen LogP) is 3.67. The number of amides is 3. The van der Waals surface area contributed by atoms with Gasteiger partial charge in [0.15, 0.2) is 0 Å². The fourth-order valence-electron chi connectivity index (χ4n) is 3.96. The minimum Gasteiger partial charge on any atom is -0.340 e. The van der Waals surface area contributed by atoms with Crippen LogP contribution in [0.15, 0.2) is 48.5 Å². The number of nitrogens with zero attached hydrogens (tertiary/aromatic N) is 2. The van der Waals surface area contributed by atoms with Crippen molar-refractivity contribution in [1.29, 1.82) is 0 Å². The predicted molar refractivity (Wildman–Crippen MR) is 123 cm³/mol. The molecule has 1 aliphatic rings. The molecule has 3 amide bonds. The highest BCUT2D eigenvalue weighted by Crippen LogP contribution is 2.12. The van der Waals surface area contributed by atoms with Gasteiger partial charge in [-0.3, -0.25) is 9.69 Å². The van der Waals surface area contributed by atoms with Crippen LogP contribution in [0, 0.1) is 11.6 Å². The third-order valence-corrected chi connectivity index (χ3v) is 5.77. The van der Waals surface area contributed by atoms with Crippen molar-refractivity contribution in [3.8, 4) is 0 Å². The van der Waals surface area contributed by atoms with Crippen LogP contribution in [-0.2, 0) is 17.9 Å². The molecule has 0 spiro atoms. The number of benzene rings is 2. The van der Waals surface area contributed by atoms with E-state index in [1.807, 2.05) is 11.8 Å². The molecule has 3 rings (SSSR count). The van der Waals surface area contributed by atoms with E-state index < -0.39 is 12.1 Å². The smallest absolute Gasteiger partial charge is 0.315 e. The number of hydrogen-bond acceptors (Lipinski definition) is 3. The second-order valence-electron chi connectivity index (χ2n) is 8.38. The second kappa shape index (κ2) is 12.3. The van der Waals surface area contributed by atoms with Crippen LogP contribution in [0.1, 0.15) is 37.3 Å². The first-order valence-electron chi connectivity index (χ1n) is 11.5. The second-order valence-corrected chi connectivity index (χ2v) is 8.38. The molecule has 2 aromatic rings. The Bertz CT molecular complexity index is 906. The third-order valence-electron chi connectivity index (χ3n) is 5.77. The Morgan fingerprint density at radius 2 is 1.55 bits per heavy atom. The number of nitrogens with one attached hydrogen (secondary N) is 2. The lowest BCUT2D eigenvalue weighted by Gasteiger charge is -2.27. The Balaban J connectivity index is 1.50. The molecule has 1 fully saturated rings. The summed E-state index contributed by atoms with van der Waals surface area (Å²) < 4.78 is 26.2. The summed E-state index contributed by atoms with van der Waals surface area (Å²) >= 11 is 0. The van der Waals surface area contributed by atoms with E-state index in [2.05, 4.69) is 15.5 Å². The van der Waals surface area contributed by atoms with Crippen LogP contribution in [0.4, 0.5) is 13.6 Å². The highest BCUT2D eigenvalue weighted by atomic mass is 19.1. The molecule has 8 heteroatoms. The zero-order chi connectivity index (χ0) is 23.6. The van der Waals surface area contributed by atoms with Crippen LogP contribution in [0.2, 0.25) is 0 Å². The van der Waals surface area contributed by atoms with Crippen molar-refractivity contribution in [2.24, 2.45) is 0 Å². The summed E-state index contributed by atoms with van der Waals surface area (Å²) in [6, 6.07) is 11.4. The van der Waals surface area contributed by atoms with E-state index in [1.54, 1.807) is 24.3 Å². The highest BCUT2D eigenvalue weighted by molar-refractivity contribution is 5.87. The van der Waals surface area contributed by atoms with E-state index in [4.69, 9.17) is 0 Å². The summed E-state index contributed by atoms with van der Waals surface area (Å²) in [7, 11) is 0. The normalized spacial score (nSPS) is 15.5. The first-order chi connectivity index (χ1) is 15.9. The number of carbonyl (C=O) groups is 2. The quantitative estimate of drug-likeness (QED) is 0.635. The maximum absolute atomic E-state index is 13.2. The lowest BCUT2D eigenvalue weighted by molar-refractivity contribution is -0.133. The van der Waals surface area contributed by atoms with Gasteiger partial charge < -0.3 is 15.5 Å². The van der Waals surface area contributed by atoms with Crippen LogP contribution in [0.3, 0.4) is 0 Å². The Labute approximate surface area is 194 Å². The maximum Gasteiger partial charge on any atom is 0.315 e. The van der Waals surface area contributed by atoms with Gasteiger partial charge in [0.05, 0.1) is 0 Å². The third kappa shape index (κ3) is 7.82. The molecular formula is C25H32F2N4O2. The van der Waals surface area contributed by atoms with Gasteiger partial charge in [0.1, 0.15) is 17.7 Å². The largest absolute Gasteiger partial charge is 0.340 e. The van der Waals surface area contributed by atoms with Crippen LogP contribution < -0.4 is 10.6 Å². The number of halogens is 2. The average Bonchev–Trinajstić information content (AvgIpc) is 3.05. The van der Waals surface area contributed by atoms with Crippen LogP contribution in [-0.4, -0.2) is 54.0 Å². The summed E-state index contributed by atoms with van der Waals surface area (Å²) in [4.78, 5) is 29.7. The van der Waals surface area contributed by atoms with E-state index in [0.29, 0.717) is 26.1 Å². The summed E-state index contributed by atoms with van der Waals surface area (Å²) in [6.07, 6.45) is 2.15. The topological polar surface area (TPSA) is 64.7 Å². The summed E-state index contributed by atoms with van der Waals surface area (Å²) in [5.41, 5.74) is 1.82. The molecule has 0 saturated carbocycles. The van der Waals surface area contributed by atoms with Gasteiger partial charge in [-0.2, -0.15) is 0 Å². The lowest BCUT2D eigenvalue weighted by atomic mass is 10.1. The van der Waals surface area contributed by atoms with Gasteiger partial charge in [0.25, 0.3) is 0 Å². The summed E-state index contributed by atoms with van der Waals surface area (Å²) in [6.45, 7) is 5.73. The zero-order valence-corrected chi connectivity index (χ0v) is 19.0. The van der Waals surface area contributed by atoms with Crippen molar-refractivity contribution >= 4 is 11.9 Å². The van der Waals surface area contributed by atoms with Crippen LogP contribution in [0.25, 0.3) is 0 Å². The Hall–Kier alpha value is -3.00. The molecule has 33 heavy (non-hydrogen) atoms. The molecule has 6 nitrogen and oxygen atoms in total. The van der Waals surface area contributed by atoms with Crippen molar-refractivity contribution in [3.63, 3.8) is 0 Å². The van der Waals surface area contributed by atoms with E-state index >= 15 is 0 Å². The molecule has 1 atom stereocenters. The molecule has 0 radical (unpaired) electrons. The summed E-state index contributed by atoms with van der Waals surface area (Å²) in [5, 5.41) is 5.55. The van der Waals surface area contributed by atoms with Crippen molar-refractivity contribution in [1.82, 2.24) is 20.4 Å². The fourth-order valence-corrected chi connectivity index (χ4v) is 3.96. The molecule has 0 bridgehead atoms. The van der Waals surface area contributed by atoms with Crippen LogP contribution >= 0.6 is 0 Å². The molecule has 0 aromatic heterocycles. The highest BCUT2D eigenvalue weighted by Gasteiger charge is 2.27. The number of hydrogen-bond donors (Lipinski definition) is 2. The molecule has 1 heterocycles. The van der Waals surface area contributed by atoms with E-state index in [0.717, 1.165) is 37.1 Å². The number of urea groups is 1. The van der Waals surface area contributed by atoms with Crippen molar-refractivity contribution in [3.05, 3.63) is 71.3 Å². The molecule has 0 aliphatic carbocycles. The van der Waals surface area contributed by atoms with Gasteiger partial charge >= 0.3 is 6.03 Å². The van der Waals surface area contributed by atoms with Gasteiger partial charge in [-0.15, -0.1) is 0 Å². The summed E-state index contributed by atoms with van der Waals surface area (Å²) in [5.74, 6) is -0.648. The fraction of sp³-hybridized carbons (Fsp3) is 0.440. The number of carbonyl (C=O) groups excluding carboxylic acids is 2. The van der Waals surface area contributed by atoms with E-state index in [-0.39, 0.29) is 24.1 Å². The van der Waals surface area contributed by atoms with Crippen molar-refractivity contribution in [2.75, 3.05) is 26.2 Å². The molecule has 2 aromatic carbocycles. The Kier molecular flexibility index (Phi) is 9.18. The van der Waals surface area contributed by atoms with Crippen molar-refractivity contribution < 1.29 is 18.4 Å². The Morgan fingerprint density at radius 1 is 0.909 bits per heavy atom. The minimum absolute atomic E-state index is 0.0718. The first-order valence-corrected chi connectivity index (χ1v) is 11.5. The Morgan fingerprint density at radius 3 is 2.18 bits per heavy atom. The van der Waals surface area contributed by atoms with Gasteiger partial charge in [-0.05, 0) is 48.2 Å². The zero-order valence-electron chi connectivity index (χ0n) is 19.0. The minimum atomic E-state index is -0.591. The maximum atomic E-state index is 13.2. The van der Waals surface area contributed by atoms with Gasteiger partial charge in [-0.25, -0.2) is 13.6 Å². The molecule has 1 saturated heterocycles. The molecule has 2 N–H and O–H groups in total. The SMILES string of the molecule is CCCC(NC(=O)NCc1ccc(F)cc1)C(=O)N1CCCN(Cc2ccc(F)cc2)CC1. The molecule has 1 unspecified atom stereocenters. The molecule has 178 valence electrons. The lowest BCUT2D eigenvalue weighted by Crippen LogP contribution is -2.51. The molecule has 1 aliphatic heterocycles. The standard InChI is InChI=1S/C25H32F2N4O2/c1-2-4-23(29-25(33)28-17-19-5-9-21(26)10-6-19)24(32)31-14-3-13-30(15-16-31)18-20-7-11-22(27)12-8-20/h5-12,23H,2-4,13-18H2,1H3,(H2,28,29,33). The molecular weight excluding hydrogens is 426 g/mol. The van der Waals surface area contributed by atoms with Crippen molar-refractivity contribution in [2.45, 2.75) is 45.3 Å². The van der Waals surface area contributed by atoms with Gasteiger partial charge in [0.2, 0.25) is 5.91 Å². The van der Waals surface area contributed by atoms with Crippen LogP contribution in [0.5, 0.6) is 0 Å². The monoisotopic (exact) mass is 458 g/mol. The van der Waals surface area contributed by atoms with E-state index in [1.165, 1.54) is 24.3 Å². The van der Waals surface area contributed by atoms with Gasteiger partial charge in [-0.1, -0.05) is 37.6 Å². The first kappa shape index (κ1) is 24.6. The average molecular weight is 459 g/mol. The van der Waals surface area contributed by atoms with E-state index in [9.17, 15) is 18.4 Å². The van der Waals surface area contributed by atoms with Gasteiger partial charge in [0, 0.05) is 39.3 Å².